The van der Waals surface area contributed by atoms with E-state index in [1.54, 1.807) is 0 Å². The molecule has 2 N–H and O–H groups in total. The lowest BCUT2D eigenvalue weighted by Gasteiger charge is -2.25. The number of hydrogen-bond donors (Lipinski definition) is 2. The lowest BCUT2D eigenvalue weighted by Crippen LogP contribution is -2.42. The van der Waals surface area contributed by atoms with Gasteiger partial charge in [-0.25, -0.2) is 0 Å². The number of nitrogens with one attached hydrogen (secondary N) is 1. The summed E-state index contributed by atoms with van der Waals surface area (Å²) >= 11 is 0. The zero-order chi connectivity index (χ0) is 13.6. The van der Waals surface area contributed by atoms with Crippen LogP contribution in [0.15, 0.2) is 12.2 Å². The highest BCUT2D eigenvalue weighted by molar-refractivity contribution is 5.86. The molecule has 2 saturated carbocycles. The van der Waals surface area contributed by atoms with Gasteiger partial charge in [0.15, 0.2) is 0 Å². The Bertz CT molecular complexity index is 439. The van der Waals surface area contributed by atoms with Crippen molar-refractivity contribution in [1.29, 1.82) is 0 Å². The molecule has 0 aromatic carbocycles. The summed E-state index contributed by atoms with van der Waals surface area (Å²) in [6, 6.07) is 0. The average Bonchev–Trinajstić information content (AvgIpc) is 2.88. The second-order valence-electron chi connectivity index (χ2n) is 6.41. The molecule has 0 saturated heterocycles. The molecule has 4 atom stereocenters. The first-order valence-electron chi connectivity index (χ1n) is 7.25. The molecule has 0 heterocycles. The molecule has 1 amide bonds. The second kappa shape index (κ2) is 4.36. The van der Waals surface area contributed by atoms with E-state index in [0.29, 0.717) is 12.0 Å². The monoisotopic (exact) mass is 263 g/mol. The molecule has 2 bridgehead atoms. The first kappa shape index (κ1) is 12.7. The highest BCUT2D eigenvalue weighted by Gasteiger charge is 2.52. The zero-order valence-electron chi connectivity index (χ0n) is 11.3. The van der Waals surface area contributed by atoms with Gasteiger partial charge in [-0.2, -0.15) is 0 Å². The number of aliphatic carboxylic acids is 1. The van der Waals surface area contributed by atoms with Crippen molar-refractivity contribution in [1.82, 2.24) is 5.32 Å². The molecular weight excluding hydrogens is 242 g/mol. The highest BCUT2D eigenvalue weighted by atomic mass is 16.4. The lowest BCUT2D eigenvalue weighted by atomic mass is 9.82. The third-order valence-electron chi connectivity index (χ3n) is 5.39. The lowest BCUT2D eigenvalue weighted by molar-refractivity contribution is -0.147. The number of rotatable bonds is 5. The largest absolute Gasteiger partial charge is 0.481 e. The van der Waals surface area contributed by atoms with Crippen LogP contribution >= 0.6 is 0 Å². The molecular formula is C15H21NO3. The van der Waals surface area contributed by atoms with Crippen LogP contribution in [0, 0.1) is 29.1 Å². The van der Waals surface area contributed by atoms with Crippen molar-refractivity contribution in [2.75, 3.05) is 6.54 Å². The Kier molecular flexibility index (Phi) is 2.91. The topological polar surface area (TPSA) is 66.4 Å². The fourth-order valence-electron chi connectivity index (χ4n) is 3.74. The van der Waals surface area contributed by atoms with E-state index in [-0.39, 0.29) is 23.7 Å². The summed E-state index contributed by atoms with van der Waals surface area (Å²) in [4.78, 5) is 23.7. The molecule has 0 aliphatic heterocycles. The van der Waals surface area contributed by atoms with Crippen LogP contribution in [0.1, 0.15) is 32.6 Å². The number of carboxylic acids is 1. The van der Waals surface area contributed by atoms with Crippen LogP contribution in [0.3, 0.4) is 0 Å². The van der Waals surface area contributed by atoms with E-state index >= 15 is 0 Å². The van der Waals surface area contributed by atoms with Crippen molar-refractivity contribution in [3.63, 3.8) is 0 Å². The molecule has 0 aromatic heterocycles. The first-order valence-corrected chi connectivity index (χ1v) is 7.25. The average molecular weight is 263 g/mol. The fraction of sp³-hybridized carbons (Fsp3) is 0.733. The van der Waals surface area contributed by atoms with E-state index in [0.717, 1.165) is 12.8 Å². The third kappa shape index (κ3) is 2.07. The molecule has 3 aliphatic rings. The number of carboxylic acid groups (broad SMARTS) is 1. The molecule has 4 nitrogen and oxygen atoms in total. The number of allylic oxidation sites excluding steroid dienone is 2. The van der Waals surface area contributed by atoms with Gasteiger partial charge in [-0.15, -0.1) is 0 Å². The molecule has 104 valence electrons. The summed E-state index contributed by atoms with van der Waals surface area (Å²) in [6.07, 6.45) is 8.29. The van der Waals surface area contributed by atoms with E-state index < -0.39 is 11.9 Å². The highest BCUT2D eigenvalue weighted by Crippen LogP contribution is 2.50. The normalized spacial score (nSPS) is 37.3. The van der Waals surface area contributed by atoms with Gasteiger partial charge in [0, 0.05) is 6.54 Å². The summed E-state index contributed by atoms with van der Waals surface area (Å²) < 4.78 is 0. The van der Waals surface area contributed by atoms with Crippen LogP contribution in [0.4, 0.5) is 0 Å². The Morgan fingerprint density at radius 3 is 2.42 bits per heavy atom. The molecule has 0 aromatic rings. The Hall–Kier alpha value is -1.32. The van der Waals surface area contributed by atoms with Gasteiger partial charge in [0.1, 0.15) is 0 Å². The summed E-state index contributed by atoms with van der Waals surface area (Å²) in [6.45, 7) is 2.87. The van der Waals surface area contributed by atoms with Crippen molar-refractivity contribution in [3.8, 4) is 0 Å². The van der Waals surface area contributed by atoms with Crippen molar-refractivity contribution in [2.24, 2.45) is 29.1 Å². The number of carbonyl (C=O) groups excluding carboxylic acids is 1. The molecule has 3 aliphatic carbocycles. The first-order chi connectivity index (χ1) is 9.06. The summed E-state index contributed by atoms with van der Waals surface area (Å²) in [5.41, 5.74) is 0.307. The van der Waals surface area contributed by atoms with Gasteiger partial charge in [0.05, 0.1) is 11.8 Å². The Labute approximate surface area is 113 Å². The third-order valence-corrected chi connectivity index (χ3v) is 5.39. The Balaban J connectivity index is 1.65. The molecule has 0 spiro atoms. The zero-order valence-corrected chi connectivity index (χ0v) is 11.3. The van der Waals surface area contributed by atoms with Crippen LogP contribution in [0.5, 0.6) is 0 Å². The molecule has 4 heteroatoms. The predicted octanol–water partition coefficient (Wildman–Crippen LogP) is 1.82. The number of hydrogen-bond acceptors (Lipinski definition) is 2. The second-order valence-corrected chi connectivity index (χ2v) is 6.41. The van der Waals surface area contributed by atoms with Gasteiger partial charge in [-0.05, 0) is 42.9 Å². The van der Waals surface area contributed by atoms with Crippen molar-refractivity contribution in [3.05, 3.63) is 12.2 Å². The van der Waals surface area contributed by atoms with E-state index in [2.05, 4.69) is 12.2 Å². The quantitative estimate of drug-likeness (QED) is 0.743. The molecule has 19 heavy (non-hydrogen) atoms. The number of fused-ring (bicyclic) bond motifs is 2. The van der Waals surface area contributed by atoms with Gasteiger partial charge in [-0.1, -0.05) is 19.1 Å². The summed E-state index contributed by atoms with van der Waals surface area (Å²) in [5, 5.41) is 12.3. The fourth-order valence-corrected chi connectivity index (χ4v) is 3.74. The predicted molar refractivity (Wildman–Crippen MR) is 70.3 cm³/mol. The molecule has 4 unspecified atom stereocenters. The summed E-state index contributed by atoms with van der Waals surface area (Å²) in [7, 11) is 0. The Morgan fingerprint density at radius 2 is 1.89 bits per heavy atom. The summed E-state index contributed by atoms with van der Waals surface area (Å²) in [5.74, 6) is -1.58. The van der Waals surface area contributed by atoms with Gasteiger partial charge in [0.25, 0.3) is 0 Å². The maximum Gasteiger partial charge on any atom is 0.307 e. The molecule has 2 fully saturated rings. The van der Waals surface area contributed by atoms with Crippen LogP contribution in [-0.4, -0.2) is 23.5 Å². The van der Waals surface area contributed by atoms with Crippen LogP contribution in [0.25, 0.3) is 0 Å². The van der Waals surface area contributed by atoms with E-state index in [1.165, 1.54) is 12.8 Å². The minimum Gasteiger partial charge on any atom is -0.481 e. The Morgan fingerprint density at radius 1 is 1.26 bits per heavy atom. The van der Waals surface area contributed by atoms with Gasteiger partial charge >= 0.3 is 5.97 Å². The minimum atomic E-state index is -0.825. The minimum absolute atomic E-state index is 0.0519. The van der Waals surface area contributed by atoms with E-state index in [9.17, 15) is 14.7 Å². The van der Waals surface area contributed by atoms with Crippen molar-refractivity contribution in [2.45, 2.75) is 32.6 Å². The molecule has 3 rings (SSSR count). The van der Waals surface area contributed by atoms with Gasteiger partial charge in [0.2, 0.25) is 5.91 Å². The van der Waals surface area contributed by atoms with Crippen LogP contribution in [0.2, 0.25) is 0 Å². The van der Waals surface area contributed by atoms with Gasteiger partial charge in [-0.3, -0.25) is 9.59 Å². The van der Waals surface area contributed by atoms with E-state index in [1.807, 2.05) is 12.2 Å². The standard InChI is InChI=1S/C15H21NO3/c1-2-15(5-6-15)8-16-13(17)11-9-3-4-10(7-9)12(11)14(18)19/h3-4,9-12H,2,5-8H2,1H3,(H,16,17)(H,18,19). The van der Waals surface area contributed by atoms with E-state index in [4.69, 9.17) is 0 Å². The van der Waals surface area contributed by atoms with Crippen molar-refractivity contribution < 1.29 is 14.7 Å². The smallest absolute Gasteiger partial charge is 0.307 e. The van der Waals surface area contributed by atoms with Crippen molar-refractivity contribution >= 4 is 11.9 Å². The van der Waals surface area contributed by atoms with Crippen LogP contribution in [-0.2, 0) is 9.59 Å². The maximum atomic E-state index is 12.3. The maximum absolute atomic E-state index is 12.3. The number of carbonyl (C=O) groups is 2. The van der Waals surface area contributed by atoms with Gasteiger partial charge < -0.3 is 10.4 Å². The SMILES string of the molecule is CCC1(CNC(=O)C2C3C=CC(C3)C2C(=O)O)CC1. The molecule has 0 radical (unpaired) electrons. The van der Waals surface area contributed by atoms with Crippen LogP contribution < -0.4 is 5.32 Å². The number of amides is 1.